The first kappa shape index (κ1) is 24.9. The van der Waals surface area contributed by atoms with Gasteiger partial charge in [0.15, 0.2) is 11.5 Å². The van der Waals surface area contributed by atoms with Gasteiger partial charge in [-0.15, -0.1) is 0 Å². The molecule has 0 saturated carbocycles. The summed E-state index contributed by atoms with van der Waals surface area (Å²) in [6.07, 6.45) is 0.713. The molecule has 1 aliphatic heterocycles. The summed E-state index contributed by atoms with van der Waals surface area (Å²) < 4.78 is 16.9. The Morgan fingerprint density at radius 1 is 0.857 bits per heavy atom. The Morgan fingerprint density at radius 2 is 1.40 bits per heavy atom. The lowest BCUT2D eigenvalue weighted by atomic mass is 9.79. The highest BCUT2D eigenvalue weighted by Crippen LogP contribution is 2.44. The maximum atomic E-state index is 9.90. The van der Waals surface area contributed by atoms with Gasteiger partial charge in [-0.05, 0) is 23.5 Å². The summed E-state index contributed by atoms with van der Waals surface area (Å²) in [5, 5.41) is 13.7. The lowest BCUT2D eigenvalue weighted by Crippen LogP contribution is -2.48. The normalized spacial score (nSPS) is 19.5. The van der Waals surface area contributed by atoms with E-state index in [1.807, 2.05) is 12.1 Å². The molecular weight excluding hydrogens is 440 g/mol. The van der Waals surface area contributed by atoms with E-state index in [1.54, 1.807) is 21.3 Å². The second-order valence-electron chi connectivity index (χ2n) is 8.99. The highest BCUT2D eigenvalue weighted by atomic mass is 16.5. The molecule has 0 spiro atoms. The third-order valence-corrected chi connectivity index (χ3v) is 7.16. The number of nitrogens with zero attached hydrogens (tertiary/aromatic N) is 1. The molecule has 0 aromatic heterocycles. The van der Waals surface area contributed by atoms with E-state index < -0.39 is 0 Å². The van der Waals surface area contributed by atoms with E-state index in [0.29, 0.717) is 17.9 Å². The van der Waals surface area contributed by atoms with E-state index in [1.165, 1.54) is 11.1 Å². The van der Waals surface area contributed by atoms with Gasteiger partial charge in [-0.1, -0.05) is 60.7 Å². The van der Waals surface area contributed by atoms with Crippen LogP contribution in [0.15, 0.2) is 72.8 Å². The average molecular weight is 477 g/mol. The fourth-order valence-electron chi connectivity index (χ4n) is 5.51. The van der Waals surface area contributed by atoms with Crippen molar-refractivity contribution in [1.82, 2.24) is 5.32 Å². The van der Waals surface area contributed by atoms with Crippen molar-refractivity contribution >= 4 is 5.69 Å². The quantitative estimate of drug-likeness (QED) is 0.455. The van der Waals surface area contributed by atoms with Crippen molar-refractivity contribution < 1.29 is 19.3 Å². The van der Waals surface area contributed by atoms with Crippen LogP contribution in [0.2, 0.25) is 0 Å². The summed E-state index contributed by atoms with van der Waals surface area (Å²) in [7, 11) is 7.04. The van der Waals surface area contributed by atoms with Gasteiger partial charge in [-0.2, -0.15) is 0 Å². The second-order valence-corrected chi connectivity index (χ2v) is 8.99. The van der Waals surface area contributed by atoms with E-state index in [0.717, 1.165) is 18.0 Å². The predicted octanol–water partition coefficient (Wildman–Crippen LogP) is 4.32. The number of methoxy groups -OCH3 is 3. The fraction of sp³-hybridized carbons (Fsp3) is 0.379. The number of ether oxygens (including phenoxy) is 3. The largest absolute Gasteiger partial charge is 0.494 e. The number of nitrogens with one attached hydrogen (secondary N) is 1. The number of aliphatic hydroxyl groups is 1. The van der Waals surface area contributed by atoms with Crippen LogP contribution in [-0.4, -0.2) is 58.7 Å². The molecule has 3 atom stereocenters. The summed E-state index contributed by atoms with van der Waals surface area (Å²) in [5.74, 6) is 2.39. The fourth-order valence-corrected chi connectivity index (χ4v) is 5.51. The Labute approximate surface area is 208 Å². The van der Waals surface area contributed by atoms with Gasteiger partial charge in [0.05, 0.1) is 27.0 Å². The van der Waals surface area contributed by atoms with E-state index in [9.17, 15) is 5.11 Å². The smallest absolute Gasteiger partial charge is 0.164 e. The highest BCUT2D eigenvalue weighted by Gasteiger charge is 2.43. The summed E-state index contributed by atoms with van der Waals surface area (Å²) in [6.45, 7) is 0.972. The molecule has 1 saturated heterocycles. The van der Waals surface area contributed by atoms with E-state index in [-0.39, 0.29) is 30.5 Å². The molecule has 1 aliphatic rings. The monoisotopic (exact) mass is 476 g/mol. The Morgan fingerprint density at radius 3 is 1.91 bits per heavy atom. The number of rotatable bonds is 10. The van der Waals surface area contributed by atoms with Crippen LogP contribution in [0.4, 0.5) is 5.69 Å². The van der Waals surface area contributed by atoms with E-state index >= 15 is 0 Å². The van der Waals surface area contributed by atoms with Crippen LogP contribution in [-0.2, 0) is 0 Å². The molecule has 0 bridgehead atoms. The first-order valence-corrected chi connectivity index (χ1v) is 12.1. The first-order valence-electron chi connectivity index (χ1n) is 12.1. The van der Waals surface area contributed by atoms with Crippen molar-refractivity contribution in [3.05, 3.63) is 83.9 Å². The third-order valence-electron chi connectivity index (χ3n) is 7.16. The summed E-state index contributed by atoms with van der Waals surface area (Å²) in [5.41, 5.74) is 3.45. The Balaban J connectivity index is 1.81. The molecule has 6 nitrogen and oxygen atoms in total. The van der Waals surface area contributed by atoms with Crippen LogP contribution < -0.4 is 24.4 Å². The minimum atomic E-state index is 0.0968. The van der Waals surface area contributed by atoms with Crippen LogP contribution in [0.5, 0.6) is 17.2 Å². The van der Waals surface area contributed by atoms with Crippen molar-refractivity contribution in [3.8, 4) is 17.2 Å². The van der Waals surface area contributed by atoms with Crippen LogP contribution in [0.1, 0.15) is 23.5 Å². The van der Waals surface area contributed by atoms with Gasteiger partial charge in [0.1, 0.15) is 5.75 Å². The second kappa shape index (κ2) is 11.5. The Bertz CT molecular complexity index is 1040. The number of benzene rings is 3. The van der Waals surface area contributed by atoms with Gasteiger partial charge in [-0.3, -0.25) is 0 Å². The van der Waals surface area contributed by atoms with Crippen molar-refractivity contribution in [1.29, 1.82) is 0 Å². The molecule has 0 amide bonds. The summed E-state index contributed by atoms with van der Waals surface area (Å²) in [4.78, 5) is 2.28. The number of anilines is 1. The van der Waals surface area contributed by atoms with Gasteiger partial charge in [0.25, 0.3) is 0 Å². The lowest BCUT2D eigenvalue weighted by Gasteiger charge is -2.39. The number of aliphatic hydroxyl groups excluding tert-OH is 1. The molecule has 0 radical (unpaired) electrons. The molecule has 186 valence electrons. The van der Waals surface area contributed by atoms with Crippen LogP contribution in [0.3, 0.4) is 0 Å². The summed E-state index contributed by atoms with van der Waals surface area (Å²) in [6, 6.07) is 25.4. The van der Waals surface area contributed by atoms with Crippen molar-refractivity contribution in [2.24, 2.45) is 5.92 Å². The number of hydrogen-bond acceptors (Lipinski definition) is 6. The van der Waals surface area contributed by atoms with Crippen molar-refractivity contribution in [3.63, 3.8) is 0 Å². The SMILES string of the molecule is COc1cc(OC)c(N(C)C2C(CCO)CNC2C(c2ccccc2)c2ccccc2)cc1OC. The molecule has 3 aromatic rings. The molecule has 4 rings (SSSR count). The van der Waals surface area contributed by atoms with Gasteiger partial charge < -0.3 is 29.5 Å². The van der Waals surface area contributed by atoms with E-state index in [4.69, 9.17) is 14.2 Å². The van der Waals surface area contributed by atoms with Crippen LogP contribution in [0.25, 0.3) is 0 Å². The maximum absolute atomic E-state index is 9.90. The Hall–Kier alpha value is -3.22. The third kappa shape index (κ3) is 5.09. The topological polar surface area (TPSA) is 63.2 Å². The average Bonchev–Trinajstić information content (AvgIpc) is 3.32. The van der Waals surface area contributed by atoms with Gasteiger partial charge >= 0.3 is 0 Å². The van der Waals surface area contributed by atoms with Crippen molar-refractivity contribution in [2.75, 3.05) is 46.4 Å². The molecule has 3 aromatic carbocycles. The lowest BCUT2D eigenvalue weighted by molar-refractivity contribution is 0.251. The minimum absolute atomic E-state index is 0.0968. The molecule has 1 heterocycles. The molecule has 3 unspecified atom stereocenters. The summed E-state index contributed by atoms with van der Waals surface area (Å²) >= 11 is 0. The Kier molecular flexibility index (Phi) is 8.16. The molecule has 35 heavy (non-hydrogen) atoms. The number of hydrogen-bond donors (Lipinski definition) is 2. The number of likely N-dealkylation sites (N-methyl/N-ethyl adjacent to an activating group) is 1. The minimum Gasteiger partial charge on any atom is -0.494 e. The molecule has 2 N–H and O–H groups in total. The molecule has 1 fully saturated rings. The first-order chi connectivity index (χ1) is 17.1. The molecule has 0 aliphatic carbocycles. The van der Waals surface area contributed by atoms with Gasteiger partial charge in [-0.25, -0.2) is 0 Å². The zero-order chi connectivity index (χ0) is 24.8. The predicted molar refractivity (Wildman–Crippen MR) is 140 cm³/mol. The van der Waals surface area contributed by atoms with E-state index in [2.05, 4.69) is 77.9 Å². The maximum Gasteiger partial charge on any atom is 0.164 e. The van der Waals surface area contributed by atoms with Gasteiger partial charge in [0, 0.05) is 50.3 Å². The van der Waals surface area contributed by atoms with Gasteiger partial charge in [0.2, 0.25) is 0 Å². The zero-order valence-electron chi connectivity index (χ0n) is 21.0. The highest BCUT2D eigenvalue weighted by molar-refractivity contribution is 5.66. The molecular formula is C29H36N2O4. The van der Waals surface area contributed by atoms with Crippen molar-refractivity contribution in [2.45, 2.75) is 24.4 Å². The molecule has 6 heteroatoms. The van der Waals surface area contributed by atoms with Crippen LogP contribution >= 0.6 is 0 Å². The van der Waals surface area contributed by atoms with Crippen LogP contribution in [0, 0.1) is 5.92 Å². The standard InChI is InChI=1S/C29H36N2O4/c1-31(23-17-25(34-3)26(35-4)18-24(23)33-2)29-22(15-16-32)19-30-28(29)27(20-11-7-5-8-12-20)21-13-9-6-10-14-21/h5-14,17-18,22,27-30,32H,15-16,19H2,1-4H3. The zero-order valence-corrected chi connectivity index (χ0v) is 21.0.